The van der Waals surface area contributed by atoms with Gasteiger partial charge in [0.2, 0.25) is 0 Å². The molecule has 1 aliphatic heterocycles. The molecule has 1 aromatic rings. The molecular formula is C15H19F3N2O2. The van der Waals surface area contributed by atoms with Gasteiger partial charge in [0, 0.05) is 24.8 Å². The molecule has 7 heteroatoms. The summed E-state index contributed by atoms with van der Waals surface area (Å²) in [4.78, 5) is 13.3. The van der Waals surface area contributed by atoms with Crippen molar-refractivity contribution in [3.8, 4) is 0 Å². The minimum Gasteiger partial charge on any atom is -0.469 e. The quantitative estimate of drug-likeness (QED) is 0.870. The van der Waals surface area contributed by atoms with Gasteiger partial charge in [0.25, 0.3) is 0 Å². The zero-order chi connectivity index (χ0) is 16.3. The van der Waals surface area contributed by atoms with Crippen LogP contribution < -0.4 is 10.6 Å². The Morgan fingerprint density at radius 3 is 2.50 bits per heavy atom. The molecule has 0 amide bonds. The minimum atomic E-state index is -4.34. The first-order chi connectivity index (χ1) is 10.3. The predicted molar refractivity (Wildman–Crippen MR) is 76.4 cm³/mol. The van der Waals surface area contributed by atoms with Gasteiger partial charge in [0.15, 0.2) is 0 Å². The summed E-state index contributed by atoms with van der Waals surface area (Å²) in [6.45, 7) is 1.14. The van der Waals surface area contributed by atoms with E-state index in [1.54, 1.807) is 0 Å². The van der Waals surface area contributed by atoms with Crippen molar-refractivity contribution in [2.45, 2.75) is 25.1 Å². The number of nitrogens with two attached hydrogens (primary N) is 1. The van der Waals surface area contributed by atoms with E-state index in [9.17, 15) is 18.0 Å². The Balaban J connectivity index is 2.08. The van der Waals surface area contributed by atoms with Crippen LogP contribution in [0, 0.1) is 5.92 Å². The number of benzene rings is 1. The Hall–Kier alpha value is -1.76. The SMILES string of the molecule is COC(=O)CC1CC(N)CN(c2ccc(C(F)(F)F)cc2)C1. The lowest BCUT2D eigenvalue weighted by atomic mass is 9.91. The van der Waals surface area contributed by atoms with Gasteiger partial charge in [-0.2, -0.15) is 13.2 Å². The topological polar surface area (TPSA) is 55.6 Å². The highest BCUT2D eigenvalue weighted by molar-refractivity contribution is 5.69. The van der Waals surface area contributed by atoms with Crippen LogP contribution in [-0.4, -0.2) is 32.2 Å². The van der Waals surface area contributed by atoms with Gasteiger partial charge in [-0.15, -0.1) is 0 Å². The Labute approximate surface area is 127 Å². The molecule has 2 atom stereocenters. The lowest BCUT2D eigenvalue weighted by Crippen LogP contribution is -2.47. The number of piperidine rings is 1. The summed E-state index contributed by atoms with van der Waals surface area (Å²) in [5, 5.41) is 0. The van der Waals surface area contributed by atoms with Gasteiger partial charge in [-0.25, -0.2) is 0 Å². The van der Waals surface area contributed by atoms with Crippen LogP contribution >= 0.6 is 0 Å². The van der Waals surface area contributed by atoms with E-state index in [1.165, 1.54) is 19.2 Å². The second-order valence-corrected chi connectivity index (χ2v) is 5.59. The summed E-state index contributed by atoms with van der Waals surface area (Å²) >= 11 is 0. The molecule has 1 saturated heterocycles. The highest BCUT2D eigenvalue weighted by atomic mass is 19.4. The van der Waals surface area contributed by atoms with Crippen LogP contribution in [0.5, 0.6) is 0 Å². The van der Waals surface area contributed by atoms with Gasteiger partial charge >= 0.3 is 12.1 Å². The van der Waals surface area contributed by atoms with Crippen LogP contribution in [0.15, 0.2) is 24.3 Å². The van der Waals surface area contributed by atoms with E-state index in [4.69, 9.17) is 5.73 Å². The van der Waals surface area contributed by atoms with E-state index in [-0.39, 0.29) is 24.3 Å². The van der Waals surface area contributed by atoms with Crippen molar-refractivity contribution in [1.82, 2.24) is 0 Å². The number of methoxy groups -OCH3 is 1. The number of ether oxygens (including phenoxy) is 1. The van der Waals surface area contributed by atoms with Crippen LogP contribution in [0.3, 0.4) is 0 Å². The first kappa shape index (κ1) is 16.6. The van der Waals surface area contributed by atoms with Gasteiger partial charge in [-0.3, -0.25) is 4.79 Å². The second kappa shape index (κ2) is 6.56. The molecule has 2 N–H and O–H groups in total. The van der Waals surface area contributed by atoms with Crippen molar-refractivity contribution < 1.29 is 22.7 Å². The molecule has 0 spiro atoms. The zero-order valence-electron chi connectivity index (χ0n) is 12.3. The minimum absolute atomic E-state index is 0.0403. The first-order valence-electron chi connectivity index (χ1n) is 7.04. The number of alkyl halides is 3. The molecule has 22 heavy (non-hydrogen) atoms. The molecule has 0 saturated carbocycles. The van der Waals surface area contributed by atoms with Gasteiger partial charge in [-0.05, 0) is 36.6 Å². The summed E-state index contributed by atoms with van der Waals surface area (Å²) < 4.78 is 42.4. The molecule has 2 unspecified atom stereocenters. The summed E-state index contributed by atoms with van der Waals surface area (Å²) in [6, 6.07) is 4.88. The third-order valence-electron chi connectivity index (χ3n) is 3.81. The molecule has 1 aromatic carbocycles. The van der Waals surface area contributed by atoms with Gasteiger partial charge in [-0.1, -0.05) is 0 Å². The molecule has 1 fully saturated rings. The average molecular weight is 316 g/mol. The smallest absolute Gasteiger partial charge is 0.416 e. The fraction of sp³-hybridized carbons (Fsp3) is 0.533. The number of nitrogens with zero attached hydrogens (tertiary/aromatic N) is 1. The number of halogens is 3. The van der Waals surface area contributed by atoms with Crippen LogP contribution in [0.4, 0.5) is 18.9 Å². The highest BCUT2D eigenvalue weighted by Gasteiger charge is 2.31. The van der Waals surface area contributed by atoms with Crippen LogP contribution in [0.2, 0.25) is 0 Å². The molecule has 1 heterocycles. The number of esters is 1. The third-order valence-corrected chi connectivity index (χ3v) is 3.81. The largest absolute Gasteiger partial charge is 0.469 e. The number of anilines is 1. The molecule has 1 aliphatic rings. The van der Waals surface area contributed by atoms with E-state index in [1.807, 2.05) is 4.90 Å². The zero-order valence-corrected chi connectivity index (χ0v) is 12.3. The number of rotatable bonds is 3. The first-order valence-corrected chi connectivity index (χ1v) is 7.04. The van der Waals surface area contributed by atoms with E-state index < -0.39 is 11.7 Å². The van der Waals surface area contributed by atoms with Gasteiger partial charge in [0.1, 0.15) is 0 Å². The van der Waals surface area contributed by atoms with Gasteiger partial charge in [0.05, 0.1) is 19.1 Å². The van der Waals surface area contributed by atoms with Gasteiger partial charge < -0.3 is 15.4 Å². The number of hydrogen-bond donors (Lipinski definition) is 1. The van der Waals surface area contributed by atoms with E-state index >= 15 is 0 Å². The predicted octanol–water partition coefficient (Wildman–Crippen LogP) is 2.42. The molecule has 2 rings (SSSR count). The molecule has 0 radical (unpaired) electrons. The van der Waals surface area contributed by atoms with Crippen molar-refractivity contribution in [1.29, 1.82) is 0 Å². The van der Waals surface area contributed by atoms with Crippen molar-refractivity contribution >= 4 is 11.7 Å². The Bertz CT molecular complexity index is 517. The molecule has 0 bridgehead atoms. The second-order valence-electron chi connectivity index (χ2n) is 5.59. The number of hydrogen-bond acceptors (Lipinski definition) is 4. The van der Waals surface area contributed by atoms with Crippen molar-refractivity contribution in [3.63, 3.8) is 0 Å². The maximum absolute atomic E-state index is 12.6. The van der Waals surface area contributed by atoms with Crippen molar-refractivity contribution in [2.24, 2.45) is 11.7 Å². The molecule has 0 aromatic heterocycles. The normalized spacial score (nSPS) is 22.5. The summed E-state index contributed by atoms with van der Waals surface area (Å²) in [5.74, 6) is -0.259. The van der Waals surface area contributed by atoms with Crippen molar-refractivity contribution in [3.05, 3.63) is 29.8 Å². The Morgan fingerprint density at radius 2 is 1.95 bits per heavy atom. The number of carbonyl (C=O) groups is 1. The fourth-order valence-electron chi connectivity index (χ4n) is 2.79. The fourth-order valence-corrected chi connectivity index (χ4v) is 2.79. The molecular weight excluding hydrogens is 297 g/mol. The number of carbonyl (C=O) groups excluding carboxylic acids is 1. The van der Waals surface area contributed by atoms with E-state index in [0.717, 1.165) is 12.1 Å². The van der Waals surface area contributed by atoms with E-state index in [0.29, 0.717) is 25.2 Å². The highest BCUT2D eigenvalue weighted by Crippen LogP contribution is 2.31. The lowest BCUT2D eigenvalue weighted by Gasteiger charge is -2.37. The maximum atomic E-state index is 12.6. The summed E-state index contributed by atoms with van der Waals surface area (Å²) in [5.41, 5.74) is 6.00. The van der Waals surface area contributed by atoms with Crippen LogP contribution in [-0.2, 0) is 15.7 Å². The Morgan fingerprint density at radius 1 is 1.32 bits per heavy atom. The lowest BCUT2D eigenvalue weighted by molar-refractivity contribution is -0.142. The summed E-state index contributed by atoms with van der Waals surface area (Å²) in [6.07, 6.45) is -3.38. The average Bonchev–Trinajstić information content (AvgIpc) is 2.45. The Kier molecular flexibility index (Phi) is 4.95. The molecule has 4 nitrogen and oxygen atoms in total. The van der Waals surface area contributed by atoms with Crippen molar-refractivity contribution in [2.75, 3.05) is 25.1 Å². The maximum Gasteiger partial charge on any atom is 0.416 e. The van der Waals surface area contributed by atoms with Crippen LogP contribution in [0.25, 0.3) is 0 Å². The monoisotopic (exact) mass is 316 g/mol. The van der Waals surface area contributed by atoms with E-state index in [2.05, 4.69) is 4.74 Å². The molecule has 122 valence electrons. The van der Waals surface area contributed by atoms with Crippen LogP contribution in [0.1, 0.15) is 18.4 Å². The summed E-state index contributed by atoms with van der Waals surface area (Å²) in [7, 11) is 1.33. The molecule has 0 aliphatic carbocycles. The third kappa shape index (κ3) is 4.13. The standard InChI is InChI=1S/C15H19F3N2O2/c1-22-14(21)7-10-6-12(19)9-20(8-10)13-4-2-11(3-5-13)15(16,17)18/h2-5,10,12H,6-9,19H2,1H3.